The third-order valence-electron chi connectivity index (χ3n) is 2.84. The van der Waals surface area contributed by atoms with E-state index in [0.717, 1.165) is 12.0 Å². The van der Waals surface area contributed by atoms with Gasteiger partial charge in [-0.1, -0.05) is 37.3 Å². The zero-order chi connectivity index (χ0) is 12.2. The molecular weight excluding hydrogens is 200 g/mol. The van der Waals surface area contributed by atoms with Crippen molar-refractivity contribution in [3.8, 4) is 0 Å². The first kappa shape index (κ1) is 12.7. The van der Waals surface area contributed by atoms with Crippen LogP contribution in [0.15, 0.2) is 30.3 Å². The van der Waals surface area contributed by atoms with Crippen molar-refractivity contribution >= 4 is 5.91 Å². The summed E-state index contributed by atoms with van der Waals surface area (Å²) in [5, 5.41) is 3.28. The molecule has 0 saturated carbocycles. The largest absolute Gasteiger partial charge is 0.368 e. The molecule has 1 aromatic rings. The topological polar surface area (TPSA) is 55.1 Å². The number of carbonyl (C=O) groups is 1. The molecule has 3 nitrogen and oxygen atoms in total. The molecule has 0 aliphatic heterocycles. The summed E-state index contributed by atoms with van der Waals surface area (Å²) in [6, 6.07) is 9.14. The zero-order valence-corrected chi connectivity index (χ0v) is 10.2. The van der Waals surface area contributed by atoms with Crippen LogP contribution in [-0.2, 0) is 4.79 Å². The third-order valence-corrected chi connectivity index (χ3v) is 2.84. The SMILES string of the molecule is CCC(C)(C)N[C@@H](C(N)=O)c1ccccc1. The van der Waals surface area contributed by atoms with Gasteiger partial charge in [0, 0.05) is 5.54 Å². The number of amides is 1. The maximum absolute atomic E-state index is 11.5. The van der Waals surface area contributed by atoms with Crippen molar-refractivity contribution in [3.63, 3.8) is 0 Å². The number of primary amides is 1. The van der Waals surface area contributed by atoms with Gasteiger partial charge in [0.1, 0.15) is 6.04 Å². The standard InChI is InChI=1S/C13H20N2O/c1-4-13(2,3)15-11(12(14)16)10-8-6-5-7-9-10/h5-9,11,15H,4H2,1-3H3,(H2,14,16)/t11-/m1/s1. The van der Waals surface area contributed by atoms with Gasteiger partial charge in [0.2, 0.25) is 5.91 Å². The predicted molar refractivity (Wildman–Crippen MR) is 65.9 cm³/mol. The van der Waals surface area contributed by atoms with Crippen molar-refractivity contribution in [3.05, 3.63) is 35.9 Å². The maximum atomic E-state index is 11.5. The van der Waals surface area contributed by atoms with E-state index in [4.69, 9.17) is 5.73 Å². The van der Waals surface area contributed by atoms with Crippen LogP contribution in [0.3, 0.4) is 0 Å². The minimum absolute atomic E-state index is 0.102. The van der Waals surface area contributed by atoms with Crippen LogP contribution in [0.1, 0.15) is 38.8 Å². The Morgan fingerprint density at radius 1 is 1.38 bits per heavy atom. The van der Waals surface area contributed by atoms with Crippen LogP contribution in [-0.4, -0.2) is 11.4 Å². The smallest absolute Gasteiger partial charge is 0.239 e. The lowest BCUT2D eigenvalue weighted by Crippen LogP contribution is -2.45. The molecule has 0 heterocycles. The molecule has 1 amide bonds. The second-order valence-electron chi connectivity index (χ2n) is 4.63. The Kier molecular flexibility index (Phi) is 4.07. The van der Waals surface area contributed by atoms with Gasteiger partial charge in [-0.05, 0) is 25.8 Å². The van der Waals surface area contributed by atoms with E-state index >= 15 is 0 Å². The Balaban J connectivity index is 2.89. The molecule has 3 N–H and O–H groups in total. The summed E-state index contributed by atoms with van der Waals surface area (Å²) in [5.41, 5.74) is 6.24. The number of hydrogen-bond acceptors (Lipinski definition) is 2. The number of hydrogen-bond donors (Lipinski definition) is 2. The highest BCUT2D eigenvalue weighted by molar-refractivity contribution is 5.81. The first-order valence-electron chi connectivity index (χ1n) is 5.58. The molecule has 0 saturated heterocycles. The van der Waals surface area contributed by atoms with Crippen molar-refractivity contribution in [1.82, 2.24) is 5.32 Å². The Morgan fingerprint density at radius 2 is 1.94 bits per heavy atom. The van der Waals surface area contributed by atoms with Gasteiger partial charge in [-0.25, -0.2) is 0 Å². The summed E-state index contributed by atoms with van der Waals surface area (Å²) >= 11 is 0. The van der Waals surface area contributed by atoms with Crippen LogP contribution in [0.4, 0.5) is 0 Å². The van der Waals surface area contributed by atoms with Gasteiger partial charge in [-0.2, -0.15) is 0 Å². The highest BCUT2D eigenvalue weighted by Gasteiger charge is 2.24. The lowest BCUT2D eigenvalue weighted by atomic mass is 9.97. The number of nitrogens with two attached hydrogens (primary N) is 1. The average Bonchev–Trinajstić information content (AvgIpc) is 2.27. The molecule has 0 bridgehead atoms. The van der Waals surface area contributed by atoms with Gasteiger partial charge < -0.3 is 5.73 Å². The fourth-order valence-electron chi connectivity index (χ4n) is 1.46. The normalized spacial score (nSPS) is 13.4. The molecule has 0 aromatic heterocycles. The number of rotatable bonds is 5. The van der Waals surface area contributed by atoms with E-state index in [1.807, 2.05) is 30.3 Å². The molecule has 0 aliphatic carbocycles. The molecular formula is C13H20N2O. The Bertz CT molecular complexity index is 346. The fraction of sp³-hybridized carbons (Fsp3) is 0.462. The van der Waals surface area contributed by atoms with E-state index < -0.39 is 6.04 Å². The first-order chi connectivity index (χ1) is 7.46. The summed E-state index contributed by atoms with van der Waals surface area (Å²) in [6.07, 6.45) is 0.934. The Morgan fingerprint density at radius 3 is 2.38 bits per heavy atom. The van der Waals surface area contributed by atoms with Crippen molar-refractivity contribution in [2.24, 2.45) is 5.73 Å². The average molecular weight is 220 g/mol. The Hall–Kier alpha value is -1.35. The van der Waals surface area contributed by atoms with Crippen LogP contribution in [0.5, 0.6) is 0 Å². The minimum atomic E-state index is -0.420. The molecule has 0 radical (unpaired) electrons. The van der Waals surface area contributed by atoms with Gasteiger partial charge in [-0.3, -0.25) is 10.1 Å². The van der Waals surface area contributed by atoms with Crippen molar-refractivity contribution in [2.75, 3.05) is 0 Å². The van der Waals surface area contributed by atoms with Gasteiger partial charge in [-0.15, -0.1) is 0 Å². The van der Waals surface area contributed by atoms with E-state index in [2.05, 4.69) is 26.1 Å². The third kappa shape index (κ3) is 3.35. The molecule has 0 aliphatic rings. The second kappa shape index (κ2) is 5.12. The summed E-state index contributed by atoms with van der Waals surface area (Å²) in [7, 11) is 0. The highest BCUT2D eigenvalue weighted by atomic mass is 16.1. The predicted octanol–water partition coefficient (Wildman–Crippen LogP) is 1.99. The molecule has 1 aromatic carbocycles. The van der Waals surface area contributed by atoms with Crippen molar-refractivity contribution < 1.29 is 4.79 Å². The minimum Gasteiger partial charge on any atom is -0.368 e. The molecule has 3 heteroatoms. The lowest BCUT2D eigenvalue weighted by Gasteiger charge is -2.29. The monoisotopic (exact) mass is 220 g/mol. The number of nitrogens with one attached hydrogen (secondary N) is 1. The maximum Gasteiger partial charge on any atom is 0.239 e. The zero-order valence-electron chi connectivity index (χ0n) is 10.2. The number of carbonyl (C=O) groups excluding carboxylic acids is 1. The van der Waals surface area contributed by atoms with Crippen molar-refractivity contribution in [2.45, 2.75) is 38.8 Å². The van der Waals surface area contributed by atoms with E-state index in [1.165, 1.54) is 0 Å². The van der Waals surface area contributed by atoms with Crippen molar-refractivity contribution in [1.29, 1.82) is 0 Å². The molecule has 88 valence electrons. The van der Waals surface area contributed by atoms with Crippen LogP contribution in [0.25, 0.3) is 0 Å². The van der Waals surface area contributed by atoms with Gasteiger partial charge in [0.15, 0.2) is 0 Å². The van der Waals surface area contributed by atoms with Gasteiger partial charge >= 0.3 is 0 Å². The molecule has 0 fully saturated rings. The molecule has 16 heavy (non-hydrogen) atoms. The summed E-state index contributed by atoms with van der Waals surface area (Å²) in [5.74, 6) is -0.340. The van der Waals surface area contributed by atoms with Crippen LogP contribution in [0, 0.1) is 0 Å². The van der Waals surface area contributed by atoms with Crippen LogP contribution in [0.2, 0.25) is 0 Å². The molecule has 0 spiro atoms. The second-order valence-corrected chi connectivity index (χ2v) is 4.63. The summed E-state index contributed by atoms with van der Waals surface area (Å²) in [4.78, 5) is 11.5. The van der Waals surface area contributed by atoms with Gasteiger partial charge in [0.25, 0.3) is 0 Å². The Labute approximate surface area is 97.0 Å². The lowest BCUT2D eigenvalue weighted by molar-refractivity contribution is -0.120. The summed E-state index contributed by atoms with van der Waals surface area (Å²) < 4.78 is 0. The van der Waals surface area contributed by atoms with E-state index in [9.17, 15) is 4.79 Å². The van der Waals surface area contributed by atoms with Crippen LogP contribution < -0.4 is 11.1 Å². The van der Waals surface area contributed by atoms with Crippen LogP contribution >= 0.6 is 0 Å². The summed E-state index contributed by atoms with van der Waals surface area (Å²) in [6.45, 7) is 6.20. The van der Waals surface area contributed by atoms with E-state index in [-0.39, 0.29) is 11.4 Å². The first-order valence-corrected chi connectivity index (χ1v) is 5.58. The molecule has 1 atom stereocenters. The quantitative estimate of drug-likeness (QED) is 0.797. The van der Waals surface area contributed by atoms with E-state index in [0.29, 0.717) is 0 Å². The van der Waals surface area contributed by atoms with Gasteiger partial charge in [0.05, 0.1) is 0 Å². The molecule has 0 unspecified atom stereocenters. The fourth-order valence-corrected chi connectivity index (χ4v) is 1.46. The highest BCUT2D eigenvalue weighted by Crippen LogP contribution is 2.18. The van der Waals surface area contributed by atoms with E-state index in [1.54, 1.807) is 0 Å². The molecule has 1 rings (SSSR count). The number of benzene rings is 1.